The van der Waals surface area contributed by atoms with Crippen LogP contribution in [0.15, 0.2) is 12.3 Å². The Bertz CT molecular complexity index is 283. The second-order valence-electron chi connectivity index (χ2n) is 3.32. The van der Waals surface area contributed by atoms with Crippen LogP contribution in [0, 0.1) is 6.92 Å². The molecule has 0 atom stereocenters. The third-order valence-electron chi connectivity index (χ3n) is 2.08. The van der Waals surface area contributed by atoms with Crippen molar-refractivity contribution < 1.29 is 0 Å². The zero-order chi connectivity index (χ0) is 9.84. The number of anilines is 2. The highest BCUT2D eigenvalue weighted by molar-refractivity contribution is 5.54. The first-order valence-corrected chi connectivity index (χ1v) is 4.58. The molecular weight excluding hydrogens is 162 g/mol. The van der Waals surface area contributed by atoms with E-state index in [1.54, 1.807) is 0 Å². The highest BCUT2D eigenvalue weighted by Gasteiger charge is 2.02. The van der Waals surface area contributed by atoms with E-state index in [1.807, 2.05) is 26.2 Å². The molecule has 0 aromatic carbocycles. The summed E-state index contributed by atoms with van der Waals surface area (Å²) in [6.07, 6.45) is 2.93. The third-order valence-corrected chi connectivity index (χ3v) is 2.08. The van der Waals surface area contributed by atoms with Gasteiger partial charge in [-0.25, -0.2) is 4.98 Å². The topological polar surface area (TPSA) is 42.1 Å². The second-order valence-corrected chi connectivity index (χ2v) is 3.32. The van der Waals surface area contributed by atoms with Gasteiger partial charge in [-0.3, -0.25) is 0 Å². The van der Waals surface area contributed by atoms with Crippen LogP contribution in [-0.4, -0.2) is 18.6 Å². The van der Waals surface area contributed by atoms with Gasteiger partial charge >= 0.3 is 0 Å². The van der Waals surface area contributed by atoms with Crippen LogP contribution >= 0.6 is 0 Å². The molecule has 1 aromatic rings. The fraction of sp³-hybridized carbons (Fsp3) is 0.500. The van der Waals surface area contributed by atoms with Crippen molar-refractivity contribution in [1.29, 1.82) is 0 Å². The molecule has 0 spiro atoms. The summed E-state index contributed by atoms with van der Waals surface area (Å²) in [6, 6.07) is 1.92. The van der Waals surface area contributed by atoms with E-state index in [0.29, 0.717) is 0 Å². The smallest absolute Gasteiger partial charge is 0.130 e. The Morgan fingerprint density at radius 2 is 2.23 bits per heavy atom. The maximum absolute atomic E-state index is 5.79. The molecule has 0 aliphatic carbocycles. The summed E-state index contributed by atoms with van der Waals surface area (Å²) in [6.45, 7) is 5.12. The number of aryl methyl sites for hydroxylation is 1. The van der Waals surface area contributed by atoms with Crippen molar-refractivity contribution in [3.05, 3.63) is 17.8 Å². The number of hydrogen-bond acceptors (Lipinski definition) is 3. The molecule has 0 amide bonds. The van der Waals surface area contributed by atoms with Gasteiger partial charge in [0, 0.05) is 31.5 Å². The Hall–Kier alpha value is -1.25. The Morgan fingerprint density at radius 3 is 2.77 bits per heavy atom. The molecule has 1 rings (SSSR count). The summed E-state index contributed by atoms with van der Waals surface area (Å²) in [5, 5.41) is 0. The number of nitrogens with two attached hydrogens (primary N) is 1. The van der Waals surface area contributed by atoms with E-state index in [4.69, 9.17) is 5.73 Å². The molecule has 0 aliphatic heterocycles. The lowest BCUT2D eigenvalue weighted by Gasteiger charge is -2.17. The van der Waals surface area contributed by atoms with Gasteiger partial charge in [0.25, 0.3) is 0 Å². The van der Waals surface area contributed by atoms with Crippen molar-refractivity contribution in [2.45, 2.75) is 20.3 Å². The molecule has 1 heterocycles. The lowest BCUT2D eigenvalue weighted by atomic mass is 10.2. The van der Waals surface area contributed by atoms with E-state index in [1.165, 1.54) is 0 Å². The molecule has 72 valence electrons. The van der Waals surface area contributed by atoms with E-state index >= 15 is 0 Å². The summed E-state index contributed by atoms with van der Waals surface area (Å²) in [4.78, 5) is 6.41. The number of hydrogen-bond donors (Lipinski definition) is 1. The zero-order valence-corrected chi connectivity index (χ0v) is 8.54. The first kappa shape index (κ1) is 9.84. The van der Waals surface area contributed by atoms with Crippen molar-refractivity contribution in [3.8, 4) is 0 Å². The molecule has 0 radical (unpaired) electrons. The summed E-state index contributed by atoms with van der Waals surface area (Å²) in [5.74, 6) is 0.949. The van der Waals surface area contributed by atoms with Gasteiger partial charge in [-0.05, 0) is 18.9 Å². The van der Waals surface area contributed by atoms with Crippen molar-refractivity contribution in [3.63, 3.8) is 0 Å². The third kappa shape index (κ3) is 2.34. The van der Waals surface area contributed by atoms with Gasteiger partial charge in [-0.2, -0.15) is 0 Å². The average molecular weight is 179 g/mol. The first-order chi connectivity index (χ1) is 6.15. The zero-order valence-electron chi connectivity index (χ0n) is 8.54. The highest BCUT2D eigenvalue weighted by Crippen LogP contribution is 2.16. The van der Waals surface area contributed by atoms with Crippen LogP contribution in [0.2, 0.25) is 0 Å². The molecule has 0 unspecified atom stereocenters. The Balaban J connectivity index is 2.84. The number of nitrogen functional groups attached to an aromatic ring is 1. The van der Waals surface area contributed by atoms with E-state index in [-0.39, 0.29) is 0 Å². The minimum absolute atomic E-state index is 0.813. The molecule has 0 aliphatic rings. The monoisotopic (exact) mass is 179 g/mol. The van der Waals surface area contributed by atoms with Gasteiger partial charge in [-0.1, -0.05) is 6.92 Å². The normalized spacial score (nSPS) is 10.1. The molecule has 2 N–H and O–H groups in total. The van der Waals surface area contributed by atoms with Gasteiger partial charge in [-0.15, -0.1) is 0 Å². The molecule has 0 bridgehead atoms. The van der Waals surface area contributed by atoms with Gasteiger partial charge in [0.2, 0.25) is 0 Å². The number of rotatable bonds is 3. The lowest BCUT2D eigenvalue weighted by molar-refractivity contribution is 0.837. The standard InChI is InChI=1S/C10H17N3/c1-4-5-13(3)10-6-9(11)8(2)7-12-10/h6-7H,4-5H2,1-3H3,(H2,11,12). The maximum atomic E-state index is 5.79. The van der Waals surface area contributed by atoms with Crippen molar-refractivity contribution in [2.75, 3.05) is 24.2 Å². The molecule has 1 aromatic heterocycles. The van der Waals surface area contributed by atoms with Crippen LogP contribution in [0.4, 0.5) is 11.5 Å². The largest absolute Gasteiger partial charge is 0.398 e. The van der Waals surface area contributed by atoms with E-state index in [9.17, 15) is 0 Å². The molecule has 3 heteroatoms. The quantitative estimate of drug-likeness (QED) is 0.769. The van der Waals surface area contributed by atoms with Crippen LogP contribution < -0.4 is 10.6 Å². The van der Waals surface area contributed by atoms with Gasteiger partial charge in [0.15, 0.2) is 0 Å². The average Bonchev–Trinajstić information content (AvgIpc) is 2.10. The molecule has 0 saturated carbocycles. The fourth-order valence-corrected chi connectivity index (χ4v) is 1.19. The summed E-state index contributed by atoms with van der Waals surface area (Å²) >= 11 is 0. The number of aromatic nitrogens is 1. The minimum Gasteiger partial charge on any atom is -0.398 e. The molecular formula is C10H17N3. The summed E-state index contributed by atoms with van der Waals surface area (Å²) < 4.78 is 0. The second kappa shape index (κ2) is 4.12. The number of pyridine rings is 1. The molecule has 0 fully saturated rings. The van der Waals surface area contributed by atoms with Crippen LogP contribution in [0.1, 0.15) is 18.9 Å². The van der Waals surface area contributed by atoms with Crippen molar-refractivity contribution in [1.82, 2.24) is 4.98 Å². The van der Waals surface area contributed by atoms with Crippen LogP contribution in [0.5, 0.6) is 0 Å². The Labute approximate surface area is 79.6 Å². The summed E-state index contributed by atoms with van der Waals surface area (Å²) in [5.41, 5.74) is 7.64. The Kier molecular flexibility index (Phi) is 3.12. The van der Waals surface area contributed by atoms with E-state index in [0.717, 1.165) is 30.0 Å². The predicted octanol–water partition coefficient (Wildman–Crippen LogP) is 1.82. The van der Waals surface area contributed by atoms with Crippen molar-refractivity contribution >= 4 is 11.5 Å². The predicted molar refractivity (Wildman–Crippen MR) is 56.9 cm³/mol. The van der Waals surface area contributed by atoms with Gasteiger partial charge in [0.1, 0.15) is 5.82 Å². The lowest BCUT2D eigenvalue weighted by Crippen LogP contribution is -2.19. The highest BCUT2D eigenvalue weighted by atomic mass is 15.2. The van der Waals surface area contributed by atoms with Crippen LogP contribution in [-0.2, 0) is 0 Å². The van der Waals surface area contributed by atoms with Crippen LogP contribution in [0.3, 0.4) is 0 Å². The van der Waals surface area contributed by atoms with E-state index < -0.39 is 0 Å². The Morgan fingerprint density at radius 1 is 1.54 bits per heavy atom. The summed E-state index contributed by atoms with van der Waals surface area (Å²) in [7, 11) is 2.03. The van der Waals surface area contributed by atoms with E-state index in [2.05, 4.69) is 16.8 Å². The van der Waals surface area contributed by atoms with Gasteiger partial charge in [0.05, 0.1) is 0 Å². The first-order valence-electron chi connectivity index (χ1n) is 4.58. The maximum Gasteiger partial charge on any atom is 0.130 e. The molecule has 3 nitrogen and oxygen atoms in total. The number of nitrogens with zero attached hydrogens (tertiary/aromatic N) is 2. The fourth-order valence-electron chi connectivity index (χ4n) is 1.19. The SMILES string of the molecule is CCCN(C)c1cc(N)c(C)cn1. The molecule has 13 heavy (non-hydrogen) atoms. The molecule has 0 saturated heterocycles. The minimum atomic E-state index is 0.813. The van der Waals surface area contributed by atoms with Crippen LogP contribution in [0.25, 0.3) is 0 Å². The van der Waals surface area contributed by atoms with Crippen molar-refractivity contribution in [2.24, 2.45) is 0 Å². The van der Waals surface area contributed by atoms with Gasteiger partial charge < -0.3 is 10.6 Å².